The Labute approximate surface area is 182 Å². The summed E-state index contributed by atoms with van der Waals surface area (Å²) in [5.74, 6) is 0.903. The Balaban J connectivity index is 1.93. The van der Waals surface area contributed by atoms with Crippen LogP contribution in [0.3, 0.4) is 0 Å². The number of fused-ring (bicyclic) bond motifs is 1. The second kappa shape index (κ2) is 8.93. The molecule has 2 aromatic rings. The number of benzene rings is 2. The van der Waals surface area contributed by atoms with E-state index in [2.05, 4.69) is 5.32 Å². The monoisotopic (exact) mass is 449 g/mol. The molecule has 1 aliphatic heterocycles. The lowest BCUT2D eigenvalue weighted by Crippen LogP contribution is -2.32. The van der Waals surface area contributed by atoms with E-state index >= 15 is 0 Å². The van der Waals surface area contributed by atoms with Gasteiger partial charge in [-0.25, -0.2) is 0 Å². The van der Waals surface area contributed by atoms with E-state index in [9.17, 15) is 13.2 Å². The summed E-state index contributed by atoms with van der Waals surface area (Å²) in [5, 5.41) is 2.81. The Bertz CT molecular complexity index is 1060. The first kappa shape index (κ1) is 22.5. The molecule has 2 aromatic carbocycles. The zero-order valence-corrected chi connectivity index (χ0v) is 19.1. The average Bonchev–Trinajstić information content (AvgIpc) is 2.90. The van der Waals surface area contributed by atoms with Crippen molar-refractivity contribution in [2.75, 3.05) is 47.8 Å². The highest BCUT2D eigenvalue weighted by Gasteiger charge is 2.35. The molecule has 0 aromatic heterocycles. The van der Waals surface area contributed by atoms with Gasteiger partial charge in [0.15, 0.2) is 11.5 Å². The Morgan fingerprint density at radius 1 is 0.871 bits per heavy atom. The van der Waals surface area contributed by atoms with Crippen molar-refractivity contribution in [3.63, 3.8) is 0 Å². The molecule has 168 valence electrons. The first-order valence-electron chi connectivity index (χ1n) is 9.99. The second-order valence-electron chi connectivity index (χ2n) is 6.70. The molecule has 0 unspecified atom stereocenters. The maximum absolute atomic E-state index is 13.0. The molecule has 0 atom stereocenters. The van der Waals surface area contributed by atoms with Gasteiger partial charge in [0.05, 0.1) is 31.2 Å². The third kappa shape index (κ3) is 4.20. The van der Waals surface area contributed by atoms with Crippen LogP contribution in [-0.4, -0.2) is 48.2 Å². The molecule has 0 bridgehead atoms. The molecule has 1 N–H and O–H groups in total. The van der Waals surface area contributed by atoms with Crippen molar-refractivity contribution in [1.82, 2.24) is 0 Å². The predicted molar refractivity (Wildman–Crippen MR) is 120 cm³/mol. The maximum atomic E-state index is 13.0. The predicted octanol–water partition coefficient (Wildman–Crippen LogP) is 3.27. The van der Waals surface area contributed by atoms with Crippen molar-refractivity contribution < 1.29 is 27.4 Å². The fourth-order valence-corrected chi connectivity index (χ4v) is 4.44. The number of hydrogen-bond acceptors (Lipinski definition) is 6. The number of ether oxygens (including phenoxy) is 3. The van der Waals surface area contributed by atoms with Crippen molar-refractivity contribution in [2.24, 2.45) is 0 Å². The van der Waals surface area contributed by atoms with Gasteiger partial charge in [-0.05, 0) is 51.1 Å². The maximum Gasteiger partial charge on any atom is 0.326 e. The molecular weight excluding hydrogens is 422 g/mol. The van der Waals surface area contributed by atoms with E-state index < -0.39 is 10.2 Å². The molecule has 1 heterocycles. The number of rotatable bonds is 8. The summed E-state index contributed by atoms with van der Waals surface area (Å²) in [5.41, 5.74) is 1.82. The van der Waals surface area contributed by atoms with Crippen LogP contribution in [0.4, 0.5) is 17.1 Å². The van der Waals surface area contributed by atoms with E-state index in [1.54, 1.807) is 30.3 Å². The van der Waals surface area contributed by atoms with Gasteiger partial charge in [-0.15, -0.1) is 0 Å². The fourth-order valence-electron chi connectivity index (χ4n) is 3.28. The lowest BCUT2D eigenvalue weighted by Gasteiger charge is -2.17. The highest BCUT2D eigenvalue weighted by atomic mass is 32.2. The summed E-state index contributed by atoms with van der Waals surface area (Å²) < 4.78 is 44.0. The van der Waals surface area contributed by atoms with E-state index in [4.69, 9.17) is 14.2 Å². The molecular formula is C21H27N3O6S. The molecule has 31 heavy (non-hydrogen) atoms. The number of carbonyl (C=O) groups is 1. The number of anilines is 3. The number of hydrogen-bond donors (Lipinski definition) is 1. The van der Waals surface area contributed by atoms with Crippen LogP contribution in [0.1, 0.15) is 31.1 Å². The first-order valence-corrected chi connectivity index (χ1v) is 11.4. The number of nitrogens with zero attached hydrogens (tertiary/aromatic N) is 2. The van der Waals surface area contributed by atoms with Crippen LogP contribution < -0.4 is 28.1 Å². The van der Waals surface area contributed by atoms with Gasteiger partial charge in [0.25, 0.3) is 5.91 Å². The third-order valence-electron chi connectivity index (χ3n) is 4.78. The van der Waals surface area contributed by atoms with Crippen LogP contribution in [0.5, 0.6) is 17.2 Å². The smallest absolute Gasteiger partial charge is 0.326 e. The summed E-state index contributed by atoms with van der Waals surface area (Å²) >= 11 is 0. The largest absolute Gasteiger partial charge is 0.490 e. The minimum Gasteiger partial charge on any atom is -0.490 e. The average molecular weight is 450 g/mol. The second-order valence-corrected chi connectivity index (χ2v) is 8.69. The van der Waals surface area contributed by atoms with Gasteiger partial charge in [0.2, 0.25) is 5.75 Å². The van der Waals surface area contributed by atoms with Gasteiger partial charge >= 0.3 is 10.2 Å². The highest BCUT2D eigenvalue weighted by molar-refractivity contribution is 7.94. The van der Waals surface area contributed by atoms with Gasteiger partial charge in [-0.3, -0.25) is 13.4 Å². The zero-order valence-electron chi connectivity index (χ0n) is 18.3. The molecule has 9 nitrogen and oxygen atoms in total. The highest BCUT2D eigenvalue weighted by Crippen LogP contribution is 2.41. The zero-order chi connectivity index (χ0) is 22.8. The number of amides is 1. The molecule has 1 amide bonds. The van der Waals surface area contributed by atoms with Crippen molar-refractivity contribution in [1.29, 1.82) is 0 Å². The molecule has 3 rings (SSSR count). The summed E-state index contributed by atoms with van der Waals surface area (Å²) in [6.45, 7) is 6.76. The van der Waals surface area contributed by atoms with E-state index in [1.807, 2.05) is 20.8 Å². The summed E-state index contributed by atoms with van der Waals surface area (Å²) in [6.07, 6.45) is 0. The molecule has 10 heteroatoms. The van der Waals surface area contributed by atoms with Crippen molar-refractivity contribution in [3.05, 3.63) is 35.9 Å². The minimum atomic E-state index is -3.59. The summed E-state index contributed by atoms with van der Waals surface area (Å²) in [7, 11) is -0.630. The fraction of sp³-hybridized carbons (Fsp3) is 0.381. The van der Waals surface area contributed by atoms with Crippen LogP contribution in [0.15, 0.2) is 30.3 Å². The van der Waals surface area contributed by atoms with Gasteiger partial charge in [-0.1, -0.05) is 0 Å². The lowest BCUT2D eigenvalue weighted by molar-refractivity contribution is 0.102. The van der Waals surface area contributed by atoms with Crippen molar-refractivity contribution in [3.8, 4) is 17.2 Å². The SMILES string of the molecule is CCOc1cc(C(=O)Nc2ccc3c(c2)N(C)S(=O)(=O)N3C)cc(OCC)c1OCC. The molecule has 0 spiro atoms. The lowest BCUT2D eigenvalue weighted by atomic mass is 10.1. The topological polar surface area (TPSA) is 97.4 Å². The summed E-state index contributed by atoms with van der Waals surface area (Å²) in [4.78, 5) is 13.0. The Hall–Kier alpha value is -3.14. The summed E-state index contributed by atoms with van der Waals surface area (Å²) in [6, 6.07) is 8.13. The molecule has 0 radical (unpaired) electrons. The van der Waals surface area contributed by atoms with Crippen LogP contribution in [0.25, 0.3) is 0 Å². The molecule has 1 aliphatic rings. The molecule has 0 fully saturated rings. The van der Waals surface area contributed by atoms with E-state index in [-0.39, 0.29) is 5.91 Å². The number of carbonyl (C=O) groups excluding carboxylic acids is 1. The standard InChI is InChI=1S/C21H27N3O6S/c1-6-28-18-11-14(12-19(29-7-2)20(18)30-8-3)21(25)22-15-9-10-16-17(13-15)24(5)31(26,27)23(16)4/h9-13H,6-8H2,1-5H3,(H,22,25). The Kier molecular flexibility index (Phi) is 6.49. The molecule has 0 saturated heterocycles. The van der Waals surface area contributed by atoms with Gasteiger partial charge in [-0.2, -0.15) is 8.42 Å². The van der Waals surface area contributed by atoms with E-state index in [0.29, 0.717) is 59.7 Å². The van der Waals surface area contributed by atoms with Crippen LogP contribution in [0.2, 0.25) is 0 Å². The first-order chi connectivity index (χ1) is 14.7. The van der Waals surface area contributed by atoms with Gasteiger partial charge < -0.3 is 19.5 Å². The normalized spacial score (nSPS) is 14.2. The van der Waals surface area contributed by atoms with Crippen LogP contribution in [0, 0.1) is 0 Å². The van der Waals surface area contributed by atoms with Crippen LogP contribution >= 0.6 is 0 Å². The van der Waals surface area contributed by atoms with Crippen molar-refractivity contribution >= 4 is 33.2 Å². The van der Waals surface area contributed by atoms with Gasteiger partial charge in [0.1, 0.15) is 0 Å². The van der Waals surface area contributed by atoms with E-state index in [1.165, 1.54) is 22.7 Å². The third-order valence-corrected chi connectivity index (χ3v) is 6.55. The Morgan fingerprint density at radius 3 is 1.97 bits per heavy atom. The van der Waals surface area contributed by atoms with Crippen molar-refractivity contribution in [2.45, 2.75) is 20.8 Å². The van der Waals surface area contributed by atoms with Crippen LogP contribution in [-0.2, 0) is 10.2 Å². The van der Waals surface area contributed by atoms with Gasteiger partial charge in [0, 0.05) is 25.3 Å². The Morgan fingerprint density at radius 2 is 1.42 bits per heavy atom. The minimum absolute atomic E-state index is 0.328. The quantitative estimate of drug-likeness (QED) is 0.664. The molecule has 0 aliphatic carbocycles. The van der Waals surface area contributed by atoms with E-state index in [0.717, 1.165) is 0 Å². The molecule has 0 saturated carbocycles. The number of nitrogens with one attached hydrogen (secondary N) is 1.